The lowest BCUT2D eigenvalue weighted by atomic mass is 10.2. The summed E-state index contributed by atoms with van der Waals surface area (Å²) in [4.78, 5) is 38.0. The number of amides is 1. The summed E-state index contributed by atoms with van der Waals surface area (Å²) in [5.41, 5.74) is -1.75. The first-order chi connectivity index (χ1) is 8.95. The van der Waals surface area contributed by atoms with E-state index < -0.39 is 34.6 Å². The van der Waals surface area contributed by atoms with Crippen LogP contribution in [0.25, 0.3) is 0 Å². The molecule has 9 nitrogen and oxygen atoms in total. The lowest BCUT2D eigenvalue weighted by Crippen LogP contribution is -2.35. The van der Waals surface area contributed by atoms with Gasteiger partial charge in [-0.1, -0.05) is 6.92 Å². The van der Waals surface area contributed by atoms with E-state index in [9.17, 15) is 19.7 Å². The number of nitrogens with zero attached hydrogens (tertiary/aromatic N) is 2. The van der Waals surface area contributed by atoms with Gasteiger partial charge in [0.05, 0.1) is 11.3 Å². The summed E-state index contributed by atoms with van der Waals surface area (Å²) in [6.45, 7) is 3.27. The molecule has 0 fully saturated rings. The second-order valence-electron chi connectivity index (χ2n) is 3.81. The minimum Gasteiger partial charge on any atom is -0.463 e. The average molecular weight is 270 g/mol. The van der Waals surface area contributed by atoms with Crippen LogP contribution in [0.2, 0.25) is 0 Å². The van der Waals surface area contributed by atoms with Crippen LogP contribution in [0.3, 0.4) is 0 Å². The van der Waals surface area contributed by atoms with Crippen molar-refractivity contribution in [2.24, 2.45) is 0 Å². The normalized spacial score (nSPS) is 11.7. The summed E-state index contributed by atoms with van der Waals surface area (Å²) in [5, 5.41) is 13.3. The molecule has 9 heteroatoms. The first-order valence-corrected chi connectivity index (χ1v) is 5.60. The van der Waals surface area contributed by atoms with Crippen LogP contribution in [0.15, 0.2) is 11.1 Å². The molecule has 1 heterocycles. The number of hydrogen-bond acceptors (Lipinski definition) is 6. The van der Waals surface area contributed by atoms with Crippen LogP contribution >= 0.6 is 0 Å². The van der Waals surface area contributed by atoms with E-state index in [4.69, 9.17) is 4.74 Å². The number of hydrogen-bond donors (Lipinski definition) is 2. The SMILES string of the molecule is CC[C@@H](C)NC(=O)COc1nc[nH]c(=O)c1[N+](=O)[O-]. The summed E-state index contributed by atoms with van der Waals surface area (Å²) in [7, 11) is 0. The Balaban J connectivity index is 2.73. The molecule has 0 bridgehead atoms. The number of H-pyrrole nitrogens is 1. The predicted octanol–water partition coefficient (Wildman–Crippen LogP) is -0.0284. The Hall–Kier alpha value is -2.45. The standard InChI is InChI=1S/C10H14N4O5/c1-3-6(2)13-7(15)4-19-10-8(14(17)18)9(16)11-5-12-10/h5-6H,3-4H2,1-2H3,(H,13,15)(H,11,12,16)/t6-/m1/s1. The average Bonchev–Trinajstić information content (AvgIpc) is 2.35. The molecule has 0 spiro atoms. The maximum Gasteiger partial charge on any atom is 0.395 e. The van der Waals surface area contributed by atoms with Gasteiger partial charge < -0.3 is 15.0 Å². The molecule has 0 saturated heterocycles. The number of carbonyl (C=O) groups excluding carboxylic acids is 1. The van der Waals surface area contributed by atoms with E-state index in [1.165, 1.54) is 0 Å². The van der Waals surface area contributed by atoms with Crippen molar-refractivity contribution in [3.8, 4) is 5.88 Å². The monoisotopic (exact) mass is 270 g/mol. The van der Waals surface area contributed by atoms with Crippen LogP contribution in [0.4, 0.5) is 5.69 Å². The van der Waals surface area contributed by atoms with Crippen molar-refractivity contribution in [1.82, 2.24) is 15.3 Å². The Morgan fingerprint density at radius 3 is 2.95 bits per heavy atom. The quantitative estimate of drug-likeness (QED) is 0.552. The van der Waals surface area contributed by atoms with Gasteiger partial charge in [-0.25, -0.2) is 0 Å². The number of carbonyl (C=O) groups is 1. The molecule has 0 radical (unpaired) electrons. The number of nitro groups is 1. The summed E-state index contributed by atoms with van der Waals surface area (Å²) < 4.78 is 4.90. The molecule has 1 aromatic heterocycles. The second-order valence-corrected chi connectivity index (χ2v) is 3.81. The van der Waals surface area contributed by atoms with Gasteiger partial charge in [-0.2, -0.15) is 4.98 Å². The molecule has 0 saturated carbocycles. The molecule has 104 valence electrons. The second kappa shape index (κ2) is 6.47. The Kier molecular flexibility index (Phi) is 4.98. The van der Waals surface area contributed by atoms with Crippen molar-refractivity contribution in [3.05, 3.63) is 26.8 Å². The van der Waals surface area contributed by atoms with Crippen LogP contribution in [0.5, 0.6) is 5.88 Å². The minimum atomic E-state index is -0.933. The van der Waals surface area contributed by atoms with Gasteiger partial charge in [0.15, 0.2) is 6.61 Å². The van der Waals surface area contributed by atoms with Crippen LogP contribution in [-0.2, 0) is 4.79 Å². The summed E-state index contributed by atoms with van der Waals surface area (Å²) >= 11 is 0. The van der Waals surface area contributed by atoms with Gasteiger partial charge in [-0.05, 0) is 13.3 Å². The number of aromatic amines is 1. The van der Waals surface area contributed by atoms with E-state index in [1.807, 2.05) is 13.8 Å². The Morgan fingerprint density at radius 2 is 2.37 bits per heavy atom. The van der Waals surface area contributed by atoms with Crippen LogP contribution in [-0.4, -0.2) is 33.4 Å². The van der Waals surface area contributed by atoms with Gasteiger partial charge >= 0.3 is 17.1 Å². The van der Waals surface area contributed by atoms with E-state index in [1.54, 1.807) is 0 Å². The van der Waals surface area contributed by atoms with Crippen molar-refractivity contribution in [2.75, 3.05) is 6.61 Å². The molecule has 1 rings (SSSR count). The Labute approximate surface area is 108 Å². The highest BCUT2D eigenvalue weighted by atomic mass is 16.6. The Bertz CT molecular complexity index is 527. The fourth-order valence-electron chi connectivity index (χ4n) is 1.20. The fraction of sp³-hybridized carbons (Fsp3) is 0.500. The smallest absolute Gasteiger partial charge is 0.395 e. The third-order valence-corrected chi connectivity index (χ3v) is 2.34. The van der Waals surface area contributed by atoms with Gasteiger partial charge in [-0.3, -0.25) is 19.7 Å². The molecule has 19 heavy (non-hydrogen) atoms. The molecule has 0 aliphatic rings. The van der Waals surface area contributed by atoms with E-state index in [0.29, 0.717) is 0 Å². The van der Waals surface area contributed by atoms with Gasteiger partial charge in [0.1, 0.15) is 0 Å². The molecule has 0 aliphatic heterocycles. The first kappa shape index (κ1) is 14.6. The van der Waals surface area contributed by atoms with Crippen LogP contribution < -0.4 is 15.6 Å². The minimum absolute atomic E-state index is 0.0294. The molecule has 2 N–H and O–H groups in total. The highest BCUT2D eigenvalue weighted by molar-refractivity contribution is 5.77. The molecule has 0 aliphatic carbocycles. The topological polar surface area (TPSA) is 127 Å². The summed E-state index contributed by atoms with van der Waals surface area (Å²) in [6.07, 6.45) is 1.71. The van der Waals surface area contributed by atoms with Crippen LogP contribution in [0.1, 0.15) is 20.3 Å². The number of aromatic nitrogens is 2. The molecule has 1 amide bonds. The fourth-order valence-corrected chi connectivity index (χ4v) is 1.20. The van der Waals surface area contributed by atoms with Gasteiger partial charge in [0, 0.05) is 6.04 Å². The van der Waals surface area contributed by atoms with E-state index in [2.05, 4.69) is 15.3 Å². The number of ether oxygens (including phenoxy) is 1. The zero-order chi connectivity index (χ0) is 14.4. The lowest BCUT2D eigenvalue weighted by Gasteiger charge is -2.11. The molecule has 1 atom stereocenters. The number of rotatable bonds is 6. The van der Waals surface area contributed by atoms with Gasteiger partial charge in [-0.15, -0.1) is 0 Å². The summed E-state index contributed by atoms with van der Waals surface area (Å²) in [5.74, 6) is -0.918. The Morgan fingerprint density at radius 1 is 1.68 bits per heavy atom. The zero-order valence-electron chi connectivity index (χ0n) is 10.5. The zero-order valence-corrected chi connectivity index (χ0v) is 10.5. The molecular weight excluding hydrogens is 256 g/mol. The van der Waals surface area contributed by atoms with Crippen molar-refractivity contribution < 1.29 is 14.5 Å². The molecule has 0 unspecified atom stereocenters. The van der Waals surface area contributed by atoms with Crippen molar-refractivity contribution >= 4 is 11.6 Å². The molecular formula is C10H14N4O5. The third kappa shape index (κ3) is 4.05. The lowest BCUT2D eigenvalue weighted by molar-refractivity contribution is -0.387. The summed E-state index contributed by atoms with van der Waals surface area (Å²) in [6, 6.07) is -0.0294. The largest absolute Gasteiger partial charge is 0.463 e. The van der Waals surface area contributed by atoms with Gasteiger partial charge in [0.25, 0.3) is 5.91 Å². The van der Waals surface area contributed by atoms with E-state index in [0.717, 1.165) is 12.7 Å². The third-order valence-electron chi connectivity index (χ3n) is 2.34. The van der Waals surface area contributed by atoms with Crippen molar-refractivity contribution in [3.63, 3.8) is 0 Å². The van der Waals surface area contributed by atoms with E-state index >= 15 is 0 Å². The van der Waals surface area contributed by atoms with Crippen molar-refractivity contribution in [1.29, 1.82) is 0 Å². The van der Waals surface area contributed by atoms with E-state index in [-0.39, 0.29) is 6.04 Å². The number of nitrogens with one attached hydrogen (secondary N) is 2. The highest BCUT2D eigenvalue weighted by Crippen LogP contribution is 2.17. The van der Waals surface area contributed by atoms with Gasteiger partial charge in [0.2, 0.25) is 0 Å². The highest BCUT2D eigenvalue weighted by Gasteiger charge is 2.22. The molecule has 0 aromatic carbocycles. The van der Waals surface area contributed by atoms with Crippen molar-refractivity contribution in [2.45, 2.75) is 26.3 Å². The maximum atomic E-state index is 11.4. The molecule has 1 aromatic rings. The first-order valence-electron chi connectivity index (χ1n) is 5.60. The van der Waals surface area contributed by atoms with Crippen LogP contribution in [0, 0.1) is 10.1 Å². The maximum absolute atomic E-state index is 11.4. The predicted molar refractivity (Wildman–Crippen MR) is 64.9 cm³/mol.